The van der Waals surface area contributed by atoms with Gasteiger partial charge in [0, 0.05) is 63.6 Å². The Morgan fingerprint density at radius 1 is 1.08 bits per heavy atom. The highest BCUT2D eigenvalue weighted by Crippen LogP contribution is 2.44. The van der Waals surface area contributed by atoms with Crippen LogP contribution in [0.15, 0.2) is 29.2 Å². The lowest BCUT2D eigenvalue weighted by atomic mass is 10.1. The van der Waals surface area contributed by atoms with Gasteiger partial charge in [0.15, 0.2) is 0 Å². The predicted octanol–water partition coefficient (Wildman–Crippen LogP) is 0.313. The zero-order chi connectivity index (χ0) is 27.4. The molecule has 2 saturated heterocycles. The van der Waals surface area contributed by atoms with Gasteiger partial charge in [-0.05, 0) is 43.9 Å². The number of nitrogens with zero attached hydrogens (tertiary/aromatic N) is 5. The predicted molar refractivity (Wildman–Crippen MR) is 135 cm³/mol. The van der Waals surface area contributed by atoms with E-state index in [0.717, 1.165) is 29.8 Å². The van der Waals surface area contributed by atoms with Gasteiger partial charge in [-0.25, -0.2) is 18.4 Å². The summed E-state index contributed by atoms with van der Waals surface area (Å²) in [5, 5.41) is 2.56. The summed E-state index contributed by atoms with van der Waals surface area (Å²) in [7, 11) is 0. The van der Waals surface area contributed by atoms with E-state index in [2.05, 4.69) is 10.3 Å². The second kappa shape index (κ2) is 9.71. The summed E-state index contributed by atoms with van der Waals surface area (Å²) in [6.45, 7) is 6.11. The highest BCUT2D eigenvalue weighted by molar-refractivity contribution is 5.89. The highest BCUT2D eigenvalue weighted by Gasteiger charge is 2.53. The van der Waals surface area contributed by atoms with Crippen molar-refractivity contribution in [1.82, 2.24) is 24.3 Å². The van der Waals surface area contributed by atoms with Crippen molar-refractivity contribution in [3.8, 4) is 5.69 Å². The average Bonchev–Trinajstić information content (AvgIpc) is 3.24. The number of nitrogens with two attached hydrogens (primary N) is 2. The maximum Gasteiger partial charge on any atom is 0.354 e. The maximum absolute atomic E-state index is 14.8. The number of carbonyl (C=O) groups is 2. The molecule has 5 N–H and O–H groups in total. The molecule has 3 amide bonds. The molecule has 2 atom stereocenters. The SMILES string of the molecule is CC(C)(N)C(=O)N1CCN(C(=O)Nc2ccn(-c3cc(F)c(CN4CC5C(N)C5C4)c(F)c3)c(=O)n2)CC1. The number of carbonyl (C=O) groups excluding carboxylic acids is 2. The average molecular weight is 531 g/mol. The van der Waals surface area contributed by atoms with Crippen molar-refractivity contribution >= 4 is 17.8 Å². The van der Waals surface area contributed by atoms with Gasteiger partial charge in [-0.3, -0.25) is 19.6 Å². The van der Waals surface area contributed by atoms with Gasteiger partial charge in [-0.2, -0.15) is 4.98 Å². The lowest BCUT2D eigenvalue weighted by molar-refractivity contribution is -0.137. The molecule has 38 heavy (non-hydrogen) atoms. The van der Waals surface area contributed by atoms with E-state index in [1.807, 2.05) is 4.90 Å². The molecule has 13 heteroatoms. The topological polar surface area (TPSA) is 143 Å². The lowest BCUT2D eigenvalue weighted by Crippen LogP contribution is -2.58. The summed E-state index contributed by atoms with van der Waals surface area (Å²) < 4.78 is 30.7. The number of halogens is 2. The molecule has 2 aromatic rings. The summed E-state index contributed by atoms with van der Waals surface area (Å²) in [6.07, 6.45) is 1.30. The van der Waals surface area contributed by atoms with E-state index < -0.39 is 28.9 Å². The first-order valence-electron chi connectivity index (χ1n) is 12.6. The standard InChI is InChI=1S/C25H32F2N8O3/c1-25(2,29)22(36)33-5-7-34(8-6-33)23(37)30-20-3-4-35(24(38)31-20)14-9-18(26)17(19(27)10-14)13-32-11-15-16(12-32)21(15)28/h3-4,9-10,15-16,21H,5-8,11-13,28-29H2,1-2H3,(H,30,31,37,38). The van der Waals surface area contributed by atoms with Gasteiger partial charge >= 0.3 is 11.7 Å². The van der Waals surface area contributed by atoms with Crippen LogP contribution >= 0.6 is 0 Å². The van der Waals surface area contributed by atoms with Crippen LogP contribution in [0.25, 0.3) is 5.69 Å². The summed E-state index contributed by atoms with van der Waals surface area (Å²) in [6, 6.07) is 3.30. The molecule has 1 aliphatic carbocycles. The first kappa shape index (κ1) is 26.2. The molecule has 3 fully saturated rings. The van der Waals surface area contributed by atoms with E-state index in [1.165, 1.54) is 17.2 Å². The van der Waals surface area contributed by atoms with Gasteiger partial charge in [0.2, 0.25) is 5.91 Å². The minimum atomic E-state index is -0.993. The van der Waals surface area contributed by atoms with Crippen molar-refractivity contribution in [1.29, 1.82) is 0 Å². The molecular weight excluding hydrogens is 498 g/mol. The van der Waals surface area contributed by atoms with Gasteiger partial charge in [-0.1, -0.05) is 0 Å². The Balaban J connectivity index is 1.21. The van der Waals surface area contributed by atoms with Crippen molar-refractivity contribution in [3.05, 3.63) is 52.1 Å². The van der Waals surface area contributed by atoms with Crippen molar-refractivity contribution in [2.24, 2.45) is 23.3 Å². The molecule has 1 aromatic heterocycles. The van der Waals surface area contributed by atoms with Gasteiger partial charge in [0.1, 0.15) is 17.5 Å². The largest absolute Gasteiger partial charge is 0.354 e. The number of anilines is 1. The van der Waals surface area contributed by atoms with Gasteiger partial charge in [0.25, 0.3) is 0 Å². The van der Waals surface area contributed by atoms with E-state index in [-0.39, 0.29) is 35.6 Å². The lowest BCUT2D eigenvalue weighted by Gasteiger charge is -2.37. The molecular formula is C25H32F2N8O3. The van der Waals surface area contributed by atoms with Gasteiger partial charge in [-0.15, -0.1) is 0 Å². The summed E-state index contributed by atoms with van der Waals surface area (Å²) in [5.74, 6) is -0.875. The number of urea groups is 1. The minimum absolute atomic E-state index is 0.00113. The number of amides is 3. The number of piperidine rings is 1. The number of benzene rings is 1. The van der Waals surface area contributed by atoms with E-state index >= 15 is 0 Å². The second-order valence-corrected chi connectivity index (χ2v) is 10.9. The third-order valence-electron chi connectivity index (χ3n) is 7.57. The number of nitrogens with one attached hydrogen (secondary N) is 1. The fourth-order valence-corrected chi connectivity index (χ4v) is 5.27. The van der Waals surface area contributed by atoms with E-state index in [4.69, 9.17) is 11.5 Å². The summed E-state index contributed by atoms with van der Waals surface area (Å²) >= 11 is 0. The van der Waals surface area contributed by atoms with E-state index in [0.29, 0.717) is 38.0 Å². The number of hydrogen-bond acceptors (Lipinski definition) is 7. The van der Waals surface area contributed by atoms with Crippen molar-refractivity contribution in [2.75, 3.05) is 44.6 Å². The maximum atomic E-state index is 14.8. The van der Waals surface area contributed by atoms with Crippen LogP contribution in [0.1, 0.15) is 19.4 Å². The van der Waals surface area contributed by atoms with Crippen molar-refractivity contribution in [3.63, 3.8) is 0 Å². The molecule has 5 rings (SSSR count). The third-order valence-corrected chi connectivity index (χ3v) is 7.57. The Labute approximate surface area is 218 Å². The molecule has 3 heterocycles. The monoisotopic (exact) mass is 530 g/mol. The first-order chi connectivity index (χ1) is 17.9. The smallest absolute Gasteiger partial charge is 0.338 e. The van der Waals surface area contributed by atoms with Crippen LogP contribution in [0, 0.1) is 23.5 Å². The molecule has 11 nitrogen and oxygen atoms in total. The molecule has 0 bridgehead atoms. The number of rotatable bonds is 5. The molecule has 204 valence electrons. The zero-order valence-corrected chi connectivity index (χ0v) is 21.4. The highest BCUT2D eigenvalue weighted by atomic mass is 19.1. The Kier molecular flexibility index (Phi) is 6.70. The number of fused-ring (bicyclic) bond motifs is 1. The first-order valence-corrected chi connectivity index (χ1v) is 12.6. The Hall–Kier alpha value is -3.42. The van der Waals surface area contributed by atoms with Crippen molar-refractivity contribution in [2.45, 2.75) is 32.0 Å². The fourth-order valence-electron chi connectivity index (χ4n) is 5.27. The number of likely N-dealkylation sites (tertiary alicyclic amines) is 1. The van der Waals surface area contributed by atoms with Gasteiger partial charge in [0.05, 0.1) is 11.2 Å². The number of hydrogen-bond donors (Lipinski definition) is 3. The normalized spacial score (nSPS) is 23.4. The summed E-state index contributed by atoms with van der Waals surface area (Å²) in [4.78, 5) is 46.5. The zero-order valence-electron chi connectivity index (χ0n) is 21.4. The van der Waals surface area contributed by atoms with Crippen molar-refractivity contribution < 1.29 is 18.4 Å². The molecule has 0 spiro atoms. The van der Waals surface area contributed by atoms with Crippen LogP contribution < -0.4 is 22.5 Å². The Morgan fingerprint density at radius 2 is 1.66 bits per heavy atom. The molecule has 2 aliphatic heterocycles. The Bertz CT molecular complexity index is 1280. The van der Waals surface area contributed by atoms with Crippen LogP contribution in [0.4, 0.5) is 19.4 Å². The molecule has 1 saturated carbocycles. The molecule has 0 radical (unpaired) electrons. The molecule has 1 aromatic carbocycles. The number of piperazine rings is 1. The summed E-state index contributed by atoms with van der Waals surface area (Å²) in [5.41, 5.74) is 9.95. The third kappa shape index (κ3) is 5.13. The molecule has 3 aliphatic rings. The second-order valence-electron chi connectivity index (χ2n) is 10.9. The number of aromatic nitrogens is 2. The van der Waals surface area contributed by atoms with Crippen LogP contribution in [-0.2, 0) is 11.3 Å². The van der Waals surface area contributed by atoms with Crippen LogP contribution in [0.3, 0.4) is 0 Å². The molecule has 2 unspecified atom stereocenters. The minimum Gasteiger partial charge on any atom is -0.338 e. The van der Waals surface area contributed by atoms with Gasteiger partial charge < -0.3 is 21.3 Å². The van der Waals surface area contributed by atoms with E-state index in [9.17, 15) is 23.2 Å². The quantitative estimate of drug-likeness (QED) is 0.505. The van der Waals surface area contributed by atoms with Crippen LogP contribution in [0.5, 0.6) is 0 Å². The van der Waals surface area contributed by atoms with Crippen LogP contribution in [0.2, 0.25) is 0 Å². The van der Waals surface area contributed by atoms with Crippen LogP contribution in [-0.4, -0.2) is 87.0 Å². The Morgan fingerprint density at radius 3 is 2.21 bits per heavy atom. The fraction of sp³-hybridized carbons (Fsp3) is 0.520. The van der Waals surface area contributed by atoms with E-state index in [1.54, 1.807) is 18.7 Å².